The first-order valence-corrected chi connectivity index (χ1v) is 7.25. The topological polar surface area (TPSA) is 61.4 Å². The van der Waals surface area contributed by atoms with Crippen molar-refractivity contribution in [3.05, 3.63) is 54.1 Å². The Bertz CT molecular complexity index is 758. The molecule has 4 rings (SSSR count). The largest absolute Gasteiger partial charge is 0.366 e. The number of anilines is 3. The van der Waals surface area contributed by atoms with Crippen LogP contribution in [0.15, 0.2) is 48.5 Å². The summed E-state index contributed by atoms with van der Waals surface area (Å²) in [6.07, 6.45) is -0.0394. The molecule has 0 aromatic heterocycles. The van der Waals surface area contributed by atoms with Crippen LogP contribution in [-0.2, 0) is 9.59 Å². The second kappa shape index (κ2) is 4.87. The number of fused-ring (bicyclic) bond motifs is 1. The van der Waals surface area contributed by atoms with Gasteiger partial charge in [0.25, 0.3) is 0 Å². The first-order valence-electron chi connectivity index (χ1n) is 7.25. The third-order valence-electron chi connectivity index (χ3n) is 4.11. The van der Waals surface area contributed by atoms with Gasteiger partial charge in [0.1, 0.15) is 6.04 Å². The molecule has 1 amide bonds. The van der Waals surface area contributed by atoms with Gasteiger partial charge >= 0.3 is 0 Å². The lowest BCUT2D eigenvalue weighted by atomic mass is 10.0. The molecular formula is C17H15N3O2. The van der Waals surface area contributed by atoms with Crippen molar-refractivity contribution in [1.82, 2.24) is 0 Å². The number of hydrogen-bond acceptors (Lipinski definition) is 4. The van der Waals surface area contributed by atoms with Gasteiger partial charge in [-0.3, -0.25) is 14.5 Å². The van der Waals surface area contributed by atoms with Crippen LogP contribution in [0.3, 0.4) is 0 Å². The lowest BCUT2D eigenvalue weighted by molar-refractivity contribution is -0.121. The summed E-state index contributed by atoms with van der Waals surface area (Å²) in [5.74, 6) is -0.201. The third kappa shape index (κ3) is 1.94. The molecule has 2 aliphatic rings. The minimum Gasteiger partial charge on any atom is -0.366 e. The summed E-state index contributed by atoms with van der Waals surface area (Å²) < 4.78 is 0. The predicted molar refractivity (Wildman–Crippen MR) is 84.8 cm³/mol. The molecule has 0 bridgehead atoms. The molecule has 110 valence electrons. The van der Waals surface area contributed by atoms with E-state index in [-0.39, 0.29) is 18.1 Å². The summed E-state index contributed by atoms with van der Waals surface area (Å²) in [7, 11) is 0. The summed E-state index contributed by atoms with van der Waals surface area (Å²) in [5.41, 5.74) is 3.57. The first kappa shape index (κ1) is 12.9. The fourth-order valence-corrected chi connectivity index (χ4v) is 3.10. The summed E-state index contributed by atoms with van der Waals surface area (Å²) in [6.45, 7) is 0.674. The van der Waals surface area contributed by atoms with E-state index in [0.29, 0.717) is 6.67 Å². The van der Waals surface area contributed by atoms with E-state index in [2.05, 4.69) is 10.6 Å². The highest BCUT2D eigenvalue weighted by atomic mass is 16.2. The van der Waals surface area contributed by atoms with Crippen molar-refractivity contribution >= 4 is 28.8 Å². The van der Waals surface area contributed by atoms with Crippen LogP contribution in [0.2, 0.25) is 0 Å². The van der Waals surface area contributed by atoms with Crippen molar-refractivity contribution in [2.24, 2.45) is 0 Å². The highest BCUT2D eigenvalue weighted by molar-refractivity contribution is 6.17. The second-order valence-corrected chi connectivity index (χ2v) is 5.48. The number of benzene rings is 2. The molecule has 2 aromatic carbocycles. The van der Waals surface area contributed by atoms with Crippen LogP contribution in [0.25, 0.3) is 0 Å². The molecular weight excluding hydrogens is 278 g/mol. The van der Waals surface area contributed by atoms with E-state index in [1.165, 1.54) is 0 Å². The van der Waals surface area contributed by atoms with Gasteiger partial charge in [-0.05, 0) is 23.8 Å². The van der Waals surface area contributed by atoms with Crippen LogP contribution in [0.4, 0.5) is 17.1 Å². The molecule has 5 nitrogen and oxygen atoms in total. The summed E-state index contributed by atoms with van der Waals surface area (Å²) in [5, 5.41) is 6.41. The smallest absolute Gasteiger partial charge is 0.235 e. The average molecular weight is 293 g/mol. The number of nitrogens with one attached hydrogen (secondary N) is 2. The van der Waals surface area contributed by atoms with E-state index in [4.69, 9.17) is 0 Å². The van der Waals surface area contributed by atoms with E-state index in [1.54, 1.807) is 4.90 Å². The minimum atomic E-state index is -0.527. The molecule has 5 heteroatoms. The molecule has 1 saturated heterocycles. The molecule has 2 N–H and O–H groups in total. The zero-order chi connectivity index (χ0) is 15.1. The first-order chi connectivity index (χ1) is 10.7. The maximum atomic E-state index is 12.3. The van der Waals surface area contributed by atoms with E-state index in [1.807, 2.05) is 48.5 Å². The molecule has 2 aliphatic heterocycles. The van der Waals surface area contributed by atoms with E-state index in [9.17, 15) is 9.59 Å². The molecule has 2 heterocycles. The van der Waals surface area contributed by atoms with Gasteiger partial charge in [-0.25, -0.2) is 0 Å². The van der Waals surface area contributed by atoms with Gasteiger partial charge in [0.05, 0.1) is 24.5 Å². The number of hydrogen-bond donors (Lipinski definition) is 2. The van der Waals surface area contributed by atoms with Gasteiger partial charge in [0, 0.05) is 5.69 Å². The Balaban J connectivity index is 1.78. The van der Waals surface area contributed by atoms with Crippen molar-refractivity contribution in [2.75, 3.05) is 22.2 Å². The molecule has 2 aromatic rings. The maximum Gasteiger partial charge on any atom is 0.235 e. The Morgan fingerprint density at radius 1 is 0.955 bits per heavy atom. The lowest BCUT2D eigenvalue weighted by Gasteiger charge is -2.24. The molecule has 0 spiro atoms. The summed E-state index contributed by atoms with van der Waals surface area (Å²) in [4.78, 5) is 26.3. The Morgan fingerprint density at radius 3 is 2.55 bits per heavy atom. The van der Waals surface area contributed by atoms with Crippen molar-refractivity contribution in [1.29, 1.82) is 0 Å². The quantitative estimate of drug-likeness (QED) is 0.835. The monoisotopic (exact) mass is 293 g/mol. The fourth-order valence-electron chi connectivity index (χ4n) is 3.10. The Kier molecular flexibility index (Phi) is 2.85. The van der Waals surface area contributed by atoms with Gasteiger partial charge in [-0.1, -0.05) is 30.3 Å². The van der Waals surface area contributed by atoms with Crippen LogP contribution in [0.1, 0.15) is 18.0 Å². The number of carbonyl (C=O) groups excluding carboxylic acids is 2. The van der Waals surface area contributed by atoms with Gasteiger partial charge < -0.3 is 10.6 Å². The van der Waals surface area contributed by atoms with Crippen LogP contribution in [0, 0.1) is 0 Å². The molecule has 1 unspecified atom stereocenters. The highest BCUT2D eigenvalue weighted by Crippen LogP contribution is 2.38. The third-order valence-corrected chi connectivity index (χ3v) is 4.11. The molecule has 1 atom stereocenters. The van der Waals surface area contributed by atoms with Crippen LogP contribution in [-0.4, -0.2) is 18.4 Å². The number of rotatable bonds is 2. The second-order valence-electron chi connectivity index (χ2n) is 5.48. The molecule has 22 heavy (non-hydrogen) atoms. The fraction of sp³-hybridized carbons (Fsp3) is 0.176. The van der Waals surface area contributed by atoms with Crippen molar-refractivity contribution in [2.45, 2.75) is 12.5 Å². The molecule has 0 radical (unpaired) electrons. The molecule has 1 fully saturated rings. The lowest BCUT2D eigenvalue weighted by Crippen LogP contribution is -2.28. The predicted octanol–water partition coefficient (Wildman–Crippen LogP) is 2.53. The van der Waals surface area contributed by atoms with Crippen molar-refractivity contribution in [3.63, 3.8) is 0 Å². The highest BCUT2D eigenvalue weighted by Gasteiger charge is 2.40. The Labute approximate surface area is 127 Å². The molecule has 0 saturated carbocycles. The maximum absolute atomic E-state index is 12.3. The van der Waals surface area contributed by atoms with Crippen LogP contribution in [0.5, 0.6) is 0 Å². The number of amides is 1. The van der Waals surface area contributed by atoms with E-state index >= 15 is 0 Å². The van der Waals surface area contributed by atoms with Crippen molar-refractivity contribution in [3.8, 4) is 0 Å². The standard InChI is InChI=1S/C17H15N3O2/c21-15-9-16(22)20(17(15)11-4-2-1-3-5-11)12-6-7-13-14(8-12)19-10-18-13/h1-8,17-19H,9-10H2. The van der Waals surface area contributed by atoms with Crippen LogP contribution >= 0.6 is 0 Å². The zero-order valence-electron chi connectivity index (χ0n) is 11.9. The summed E-state index contributed by atoms with van der Waals surface area (Å²) >= 11 is 0. The summed E-state index contributed by atoms with van der Waals surface area (Å²) in [6, 6.07) is 14.7. The van der Waals surface area contributed by atoms with Crippen LogP contribution < -0.4 is 15.5 Å². The number of ketones is 1. The Morgan fingerprint density at radius 2 is 1.73 bits per heavy atom. The average Bonchev–Trinajstić information content (AvgIpc) is 3.11. The van der Waals surface area contributed by atoms with Gasteiger partial charge in [-0.15, -0.1) is 0 Å². The van der Waals surface area contributed by atoms with Gasteiger partial charge in [0.15, 0.2) is 5.78 Å². The number of nitrogens with zero attached hydrogens (tertiary/aromatic N) is 1. The zero-order valence-corrected chi connectivity index (χ0v) is 11.9. The van der Waals surface area contributed by atoms with Gasteiger partial charge in [0.2, 0.25) is 5.91 Å². The van der Waals surface area contributed by atoms with Crippen molar-refractivity contribution < 1.29 is 9.59 Å². The minimum absolute atomic E-state index is 0.0394. The normalized spacial score (nSPS) is 19.8. The van der Waals surface area contributed by atoms with Gasteiger partial charge in [-0.2, -0.15) is 0 Å². The Hall–Kier alpha value is -2.82. The number of Topliss-reactive ketones (excluding diaryl/α,β-unsaturated/α-hetero) is 1. The number of carbonyl (C=O) groups is 2. The van der Waals surface area contributed by atoms with E-state index < -0.39 is 6.04 Å². The SMILES string of the molecule is O=C1CC(=O)N(c2ccc3c(c2)NCN3)C1c1ccccc1. The van der Waals surface area contributed by atoms with E-state index in [0.717, 1.165) is 22.6 Å². The molecule has 0 aliphatic carbocycles.